The Kier molecular flexibility index (Phi) is 3.42. The largest absolute Gasteiger partial charge is 0.463 e. The highest BCUT2D eigenvalue weighted by Gasteiger charge is 2.07. The van der Waals surface area contributed by atoms with Crippen LogP contribution in [0.15, 0.2) is 60.0 Å². The maximum Gasteiger partial charge on any atom is 0.258 e. The predicted molar refractivity (Wildman–Crippen MR) is 78.8 cm³/mol. The van der Waals surface area contributed by atoms with Crippen molar-refractivity contribution in [3.05, 3.63) is 61.3 Å². The van der Waals surface area contributed by atoms with Crippen molar-refractivity contribution >= 4 is 22.6 Å². The number of nitrogens with zero attached hydrogens (tertiary/aromatic N) is 2. The Balaban J connectivity index is 1.60. The monoisotopic (exact) mass is 282 g/mol. The lowest BCUT2D eigenvalue weighted by Gasteiger charge is -2.09. The van der Waals surface area contributed by atoms with Gasteiger partial charge >= 0.3 is 0 Å². The number of benzene rings is 1. The van der Waals surface area contributed by atoms with Gasteiger partial charge in [-0.05, 0) is 24.3 Å². The molecule has 3 aromatic rings. The highest BCUT2D eigenvalue weighted by Crippen LogP contribution is 2.11. The van der Waals surface area contributed by atoms with Gasteiger partial charge in [0.25, 0.3) is 5.91 Å². The molecule has 0 saturated carbocycles. The lowest BCUT2D eigenvalue weighted by Crippen LogP contribution is -2.37. The van der Waals surface area contributed by atoms with Crippen LogP contribution in [0.5, 0.6) is 0 Å². The Hall–Kier alpha value is -3.02. The van der Waals surface area contributed by atoms with Crippen LogP contribution in [-0.4, -0.2) is 15.5 Å². The number of imidazole rings is 1. The van der Waals surface area contributed by atoms with Crippen molar-refractivity contribution < 1.29 is 9.21 Å². The van der Waals surface area contributed by atoms with Crippen LogP contribution >= 0.6 is 0 Å². The number of aromatic nitrogens is 2. The molecule has 0 aliphatic carbocycles. The molecule has 1 amide bonds. The minimum Gasteiger partial charge on any atom is -0.463 e. The third-order valence-electron chi connectivity index (χ3n) is 3.01. The average Bonchev–Trinajstić information content (AvgIpc) is 3.15. The fraction of sp³-hybridized carbons (Fsp3) is 0.0667. The lowest BCUT2D eigenvalue weighted by atomic mass is 10.3. The molecule has 0 aliphatic heterocycles. The van der Waals surface area contributed by atoms with Crippen molar-refractivity contribution in [1.29, 1.82) is 0 Å². The van der Waals surface area contributed by atoms with E-state index < -0.39 is 0 Å². The summed E-state index contributed by atoms with van der Waals surface area (Å²) in [6.45, 7) is 3.94. The summed E-state index contributed by atoms with van der Waals surface area (Å²) in [5.74, 6) is 0.370. The number of furan rings is 1. The zero-order valence-electron chi connectivity index (χ0n) is 11.2. The van der Waals surface area contributed by atoms with Gasteiger partial charge < -0.3 is 8.98 Å². The van der Waals surface area contributed by atoms with Crippen molar-refractivity contribution in [3.63, 3.8) is 0 Å². The summed E-state index contributed by atoms with van der Waals surface area (Å²) < 4.78 is 6.94. The van der Waals surface area contributed by atoms with Crippen LogP contribution in [0.1, 0.15) is 5.76 Å². The second-order valence-corrected chi connectivity index (χ2v) is 4.49. The molecule has 0 atom stereocenters. The Bertz CT molecular complexity index is 774. The summed E-state index contributed by atoms with van der Waals surface area (Å²) in [6.07, 6.45) is 3.19. The number of hydrazine groups is 1. The number of hydrogen-bond acceptors (Lipinski definition) is 4. The fourth-order valence-electron chi connectivity index (χ4n) is 1.99. The van der Waals surface area contributed by atoms with Gasteiger partial charge in [0.2, 0.25) is 0 Å². The van der Waals surface area contributed by atoms with Crippen LogP contribution in [0.3, 0.4) is 0 Å². The van der Waals surface area contributed by atoms with Crippen LogP contribution in [0.2, 0.25) is 0 Å². The molecule has 0 radical (unpaired) electrons. The Labute approximate surface area is 121 Å². The number of amides is 1. The van der Waals surface area contributed by atoms with Crippen LogP contribution in [0.25, 0.3) is 16.7 Å². The molecule has 0 fully saturated rings. The van der Waals surface area contributed by atoms with E-state index in [4.69, 9.17) is 4.42 Å². The average molecular weight is 282 g/mol. The van der Waals surface area contributed by atoms with Gasteiger partial charge in [0.05, 0.1) is 29.3 Å². The second-order valence-electron chi connectivity index (χ2n) is 4.49. The number of hydrogen-bond donors (Lipinski definition) is 2. The summed E-state index contributed by atoms with van der Waals surface area (Å²) in [4.78, 5) is 16.2. The number of para-hydroxylation sites is 2. The molecular weight excluding hydrogens is 268 g/mol. The Morgan fingerprint density at radius 2 is 2.10 bits per heavy atom. The second kappa shape index (κ2) is 5.54. The summed E-state index contributed by atoms with van der Waals surface area (Å²) in [5.41, 5.74) is 7.56. The van der Waals surface area contributed by atoms with Gasteiger partial charge in [-0.25, -0.2) is 4.98 Å². The smallest absolute Gasteiger partial charge is 0.258 e. The minimum atomic E-state index is -0.203. The Morgan fingerprint density at radius 3 is 2.90 bits per heavy atom. The zero-order valence-corrected chi connectivity index (χ0v) is 11.2. The molecule has 21 heavy (non-hydrogen) atoms. The molecule has 1 aromatic carbocycles. The maximum absolute atomic E-state index is 11.9. The van der Waals surface area contributed by atoms with E-state index in [1.165, 1.54) is 0 Å². The van der Waals surface area contributed by atoms with Crippen LogP contribution in [0, 0.1) is 0 Å². The Morgan fingerprint density at radius 1 is 1.24 bits per heavy atom. The molecule has 106 valence electrons. The number of carbonyl (C=O) groups is 1. The molecule has 2 N–H and O–H groups in total. The SMILES string of the molecule is C=C(NNC(=O)Cn1cnc2ccccc21)c1ccco1. The molecule has 6 heteroatoms. The van der Waals surface area contributed by atoms with E-state index in [1.54, 1.807) is 29.3 Å². The van der Waals surface area contributed by atoms with E-state index in [0.29, 0.717) is 11.5 Å². The fourth-order valence-corrected chi connectivity index (χ4v) is 1.99. The summed E-state index contributed by atoms with van der Waals surface area (Å²) in [5, 5.41) is 0. The van der Waals surface area contributed by atoms with Crippen LogP contribution in [-0.2, 0) is 11.3 Å². The van der Waals surface area contributed by atoms with Gasteiger partial charge in [-0.3, -0.25) is 15.6 Å². The van der Waals surface area contributed by atoms with Crippen molar-refractivity contribution in [2.75, 3.05) is 0 Å². The van der Waals surface area contributed by atoms with Crippen molar-refractivity contribution in [1.82, 2.24) is 20.4 Å². The van der Waals surface area contributed by atoms with Crippen LogP contribution < -0.4 is 10.9 Å². The molecule has 0 spiro atoms. The normalized spacial score (nSPS) is 10.5. The predicted octanol–water partition coefficient (Wildman–Crippen LogP) is 1.92. The first-order valence-corrected chi connectivity index (χ1v) is 6.41. The van der Waals surface area contributed by atoms with Crippen molar-refractivity contribution in [2.24, 2.45) is 0 Å². The van der Waals surface area contributed by atoms with Gasteiger partial charge in [-0.15, -0.1) is 0 Å². The van der Waals surface area contributed by atoms with E-state index in [-0.39, 0.29) is 12.5 Å². The van der Waals surface area contributed by atoms with Gasteiger partial charge in [0.15, 0.2) is 5.76 Å². The van der Waals surface area contributed by atoms with Gasteiger partial charge in [0, 0.05) is 0 Å². The maximum atomic E-state index is 11.9. The number of rotatable bonds is 5. The first-order valence-electron chi connectivity index (χ1n) is 6.41. The van der Waals surface area contributed by atoms with Gasteiger partial charge in [-0.1, -0.05) is 18.7 Å². The van der Waals surface area contributed by atoms with Gasteiger partial charge in [0.1, 0.15) is 6.54 Å². The van der Waals surface area contributed by atoms with E-state index in [9.17, 15) is 4.79 Å². The van der Waals surface area contributed by atoms with Gasteiger partial charge in [-0.2, -0.15) is 0 Å². The zero-order chi connectivity index (χ0) is 14.7. The molecule has 2 heterocycles. The topological polar surface area (TPSA) is 72.1 Å². The van der Waals surface area contributed by atoms with Crippen molar-refractivity contribution in [2.45, 2.75) is 6.54 Å². The minimum absolute atomic E-state index is 0.166. The first kappa shape index (κ1) is 13.0. The number of fused-ring (bicyclic) bond motifs is 1. The number of nitrogens with one attached hydrogen (secondary N) is 2. The summed E-state index contributed by atoms with van der Waals surface area (Å²) in [7, 11) is 0. The third kappa shape index (κ3) is 2.79. The molecular formula is C15H14N4O2. The summed E-state index contributed by atoms with van der Waals surface area (Å²) in [6, 6.07) is 11.2. The van der Waals surface area contributed by atoms with E-state index in [1.807, 2.05) is 24.3 Å². The number of carbonyl (C=O) groups excluding carboxylic acids is 1. The molecule has 0 bridgehead atoms. The van der Waals surface area contributed by atoms with Crippen molar-refractivity contribution in [3.8, 4) is 0 Å². The summed E-state index contributed by atoms with van der Waals surface area (Å²) >= 11 is 0. The molecule has 2 aromatic heterocycles. The third-order valence-corrected chi connectivity index (χ3v) is 3.01. The first-order chi connectivity index (χ1) is 10.2. The molecule has 6 nitrogen and oxygen atoms in total. The molecule has 0 saturated heterocycles. The van der Waals surface area contributed by atoms with Crippen LogP contribution in [0.4, 0.5) is 0 Å². The lowest BCUT2D eigenvalue weighted by molar-refractivity contribution is -0.122. The molecule has 0 unspecified atom stereocenters. The quantitative estimate of drug-likeness (QED) is 0.701. The standard InChI is InChI=1S/C15H14N4O2/c1-11(14-7-4-8-21-14)17-18-15(20)9-19-10-16-12-5-2-3-6-13(12)19/h2-8,10,17H,1,9H2,(H,18,20). The molecule has 0 aliphatic rings. The van der Waals surface area contributed by atoms with E-state index >= 15 is 0 Å². The highest BCUT2D eigenvalue weighted by atomic mass is 16.3. The van der Waals surface area contributed by atoms with E-state index in [0.717, 1.165) is 11.0 Å². The van der Waals surface area contributed by atoms with E-state index in [2.05, 4.69) is 22.4 Å². The highest BCUT2D eigenvalue weighted by molar-refractivity contribution is 5.80. The molecule has 3 rings (SSSR count).